The van der Waals surface area contributed by atoms with Gasteiger partial charge in [0.25, 0.3) is 0 Å². The first-order valence-electron chi connectivity index (χ1n) is 6.86. The summed E-state index contributed by atoms with van der Waals surface area (Å²) >= 11 is 1.57. The van der Waals surface area contributed by atoms with E-state index in [9.17, 15) is 8.42 Å². The molecule has 0 aliphatic heterocycles. The van der Waals surface area contributed by atoms with Gasteiger partial charge in [-0.2, -0.15) is 0 Å². The van der Waals surface area contributed by atoms with E-state index < -0.39 is 10.0 Å². The smallest absolute Gasteiger partial charge is 0.241 e. The van der Waals surface area contributed by atoms with Crippen molar-refractivity contribution in [1.29, 1.82) is 0 Å². The number of hydrogen-bond donors (Lipinski definition) is 2. The first kappa shape index (κ1) is 16.0. The second kappa shape index (κ2) is 6.60. The van der Waals surface area contributed by atoms with Crippen LogP contribution in [0.3, 0.4) is 0 Å². The van der Waals surface area contributed by atoms with Crippen molar-refractivity contribution in [1.82, 2.24) is 4.72 Å². The molecule has 0 fully saturated rings. The normalized spacial score (nSPS) is 13.2. The zero-order chi connectivity index (χ0) is 15.5. The minimum Gasteiger partial charge on any atom is -0.399 e. The van der Waals surface area contributed by atoms with Crippen LogP contribution >= 0.6 is 11.3 Å². The zero-order valence-corrected chi connectivity index (χ0v) is 13.8. The van der Waals surface area contributed by atoms with E-state index in [1.165, 1.54) is 0 Å². The van der Waals surface area contributed by atoms with E-state index in [0.717, 1.165) is 17.7 Å². The molecule has 3 N–H and O–H groups in total. The summed E-state index contributed by atoms with van der Waals surface area (Å²) in [5.41, 5.74) is 6.90. The minimum absolute atomic E-state index is 0.183. The van der Waals surface area contributed by atoms with Crippen LogP contribution in [-0.4, -0.2) is 8.42 Å². The summed E-state index contributed by atoms with van der Waals surface area (Å²) in [5, 5.41) is 1.96. The maximum atomic E-state index is 12.6. The molecular weight excluding hydrogens is 304 g/mol. The highest BCUT2D eigenvalue weighted by molar-refractivity contribution is 7.89. The SMILES string of the molecule is CCCC(NS(=O)(=O)c1ccc(N)cc1C)c1cccs1. The van der Waals surface area contributed by atoms with Gasteiger partial charge in [-0.1, -0.05) is 19.4 Å². The highest BCUT2D eigenvalue weighted by Crippen LogP contribution is 2.26. The lowest BCUT2D eigenvalue weighted by Crippen LogP contribution is -2.28. The van der Waals surface area contributed by atoms with Gasteiger partial charge in [0.05, 0.1) is 10.9 Å². The van der Waals surface area contributed by atoms with Gasteiger partial charge in [-0.05, 0) is 48.6 Å². The van der Waals surface area contributed by atoms with Crippen molar-refractivity contribution in [3.05, 3.63) is 46.2 Å². The molecule has 1 aromatic carbocycles. The fourth-order valence-electron chi connectivity index (χ4n) is 2.26. The number of nitrogens with one attached hydrogen (secondary N) is 1. The summed E-state index contributed by atoms with van der Waals surface area (Å²) in [4.78, 5) is 1.32. The highest BCUT2D eigenvalue weighted by atomic mass is 32.2. The van der Waals surface area contributed by atoms with Crippen molar-refractivity contribution in [2.75, 3.05) is 5.73 Å². The second-order valence-corrected chi connectivity index (χ2v) is 7.66. The second-order valence-electron chi connectivity index (χ2n) is 5.00. The van der Waals surface area contributed by atoms with Crippen LogP contribution in [-0.2, 0) is 10.0 Å². The van der Waals surface area contributed by atoms with Crippen LogP contribution < -0.4 is 10.5 Å². The molecule has 0 saturated heterocycles. The summed E-state index contributed by atoms with van der Waals surface area (Å²) in [6.07, 6.45) is 1.68. The molecule has 1 unspecified atom stereocenters. The largest absolute Gasteiger partial charge is 0.399 e. The van der Waals surface area contributed by atoms with E-state index in [-0.39, 0.29) is 10.9 Å². The third-order valence-corrected chi connectivity index (χ3v) is 5.87. The van der Waals surface area contributed by atoms with Crippen molar-refractivity contribution in [2.45, 2.75) is 37.6 Å². The van der Waals surface area contributed by atoms with Gasteiger partial charge in [0.15, 0.2) is 0 Å². The predicted octanol–water partition coefficient (Wildman–Crippen LogP) is 3.46. The number of nitrogens with two attached hydrogens (primary N) is 1. The first-order valence-corrected chi connectivity index (χ1v) is 9.22. The number of sulfonamides is 1. The lowest BCUT2D eigenvalue weighted by atomic mass is 10.1. The molecule has 0 saturated carbocycles. The van der Waals surface area contributed by atoms with Crippen LogP contribution in [0.1, 0.15) is 36.2 Å². The third-order valence-electron chi connectivity index (χ3n) is 3.25. The van der Waals surface area contributed by atoms with E-state index in [0.29, 0.717) is 11.3 Å². The summed E-state index contributed by atoms with van der Waals surface area (Å²) in [7, 11) is -3.55. The monoisotopic (exact) mass is 324 g/mol. The molecule has 1 aromatic heterocycles. The van der Waals surface area contributed by atoms with Gasteiger partial charge in [0, 0.05) is 10.6 Å². The van der Waals surface area contributed by atoms with Gasteiger partial charge in [0.1, 0.15) is 0 Å². The van der Waals surface area contributed by atoms with E-state index >= 15 is 0 Å². The Morgan fingerprint density at radius 3 is 2.67 bits per heavy atom. The van der Waals surface area contributed by atoms with Crippen molar-refractivity contribution in [2.24, 2.45) is 0 Å². The standard InChI is InChI=1S/C15H20N2O2S2/c1-3-5-13(14-6-4-9-20-14)17-21(18,19)15-8-7-12(16)10-11(15)2/h4,6-10,13,17H,3,5,16H2,1-2H3. The zero-order valence-electron chi connectivity index (χ0n) is 12.2. The molecule has 2 rings (SSSR count). The van der Waals surface area contributed by atoms with Gasteiger partial charge in [0.2, 0.25) is 10.0 Å². The van der Waals surface area contributed by atoms with Crippen molar-refractivity contribution < 1.29 is 8.42 Å². The molecule has 0 radical (unpaired) electrons. The summed E-state index contributed by atoms with van der Waals surface area (Å²) in [6, 6.07) is 8.56. The van der Waals surface area contributed by atoms with E-state index in [2.05, 4.69) is 4.72 Å². The maximum Gasteiger partial charge on any atom is 0.241 e. The van der Waals surface area contributed by atoms with Crippen LogP contribution in [0.15, 0.2) is 40.6 Å². The lowest BCUT2D eigenvalue weighted by Gasteiger charge is -2.18. The van der Waals surface area contributed by atoms with Crippen LogP contribution in [0, 0.1) is 6.92 Å². The average molecular weight is 324 g/mol. The number of hydrogen-bond acceptors (Lipinski definition) is 4. The van der Waals surface area contributed by atoms with Gasteiger partial charge in [-0.25, -0.2) is 13.1 Å². The quantitative estimate of drug-likeness (QED) is 0.799. The summed E-state index contributed by atoms with van der Waals surface area (Å²) < 4.78 is 28.0. The highest BCUT2D eigenvalue weighted by Gasteiger charge is 2.23. The molecule has 0 amide bonds. The molecule has 0 spiro atoms. The van der Waals surface area contributed by atoms with Crippen LogP contribution in [0.4, 0.5) is 5.69 Å². The molecule has 1 heterocycles. The van der Waals surface area contributed by atoms with Crippen LogP contribution in [0.5, 0.6) is 0 Å². The molecule has 4 nitrogen and oxygen atoms in total. The summed E-state index contributed by atoms with van der Waals surface area (Å²) in [6.45, 7) is 3.80. The topological polar surface area (TPSA) is 72.2 Å². The molecule has 0 aliphatic carbocycles. The number of benzene rings is 1. The molecule has 1 atom stereocenters. The fraction of sp³-hybridized carbons (Fsp3) is 0.333. The summed E-state index contributed by atoms with van der Waals surface area (Å²) in [5.74, 6) is 0. The van der Waals surface area contributed by atoms with Gasteiger partial charge in [-0.3, -0.25) is 0 Å². The number of nitrogen functional groups attached to an aromatic ring is 1. The number of anilines is 1. The van der Waals surface area contributed by atoms with Gasteiger partial charge < -0.3 is 5.73 Å². The Hall–Kier alpha value is -1.37. The molecule has 6 heteroatoms. The number of thiophene rings is 1. The Morgan fingerprint density at radius 1 is 1.33 bits per heavy atom. The molecule has 2 aromatic rings. The van der Waals surface area contributed by atoms with E-state index in [1.54, 1.807) is 36.5 Å². The maximum absolute atomic E-state index is 12.6. The Kier molecular flexibility index (Phi) is 5.03. The van der Waals surface area contributed by atoms with Crippen molar-refractivity contribution in [3.63, 3.8) is 0 Å². The van der Waals surface area contributed by atoms with Gasteiger partial charge >= 0.3 is 0 Å². The average Bonchev–Trinajstić information content (AvgIpc) is 2.91. The van der Waals surface area contributed by atoms with Crippen molar-refractivity contribution in [3.8, 4) is 0 Å². The predicted molar refractivity (Wildman–Crippen MR) is 87.9 cm³/mol. The first-order chi connectivity index (χ1) is 9.94. The minimum atomic E-state index is -3.55. The number of aryl methyl sites for hydroxylation is 1. The fourth-order valence-corrected chi connectivity index (χ4v) is 4.63. The van der Waals surface area contributed by atoms with Crippen LogP contribution in [0.2, 0.25) is 0 Å². The molecular formula is C15H20N2O2S2. The van der Waals surface area contributed by atoms with E-state index in [4.69, 9.17) is 5.73 Å². The Bertz CT molecular complexity index is 694. The molecule has 0 bridgehead atoms. The van der Waals surface area contributed by atoms with E-state index in [1.807, 2.05) is 24.4 Å². The van der Waals surface area contributed by atoms with Crippen molar-refractivity contribution >= 4 is 27.0 Å². The third kappa shape index (κ3) is 3.84. The van der Waals surface area contributed by atoms with Gasteiger partial charge in [-0.15, -0.1) is 11.3 Å². The molecule has 114 valence electrons. The number of rotatable bonds is 6. The molecule has 0 aliphatic rings. The Labute approximate surface area is 130 Å². The lowest BCUT2D eigenvalue weighted by molar-refractivity contribution is 0.539. The molecule has 21 heavy (non-hydrogen) atoms. The Morgan fingerprint density at radius 2 is 2.10 bits per heavy atom. The van der Waals surface area contributed by atoms with Crippen LogP contribution in [0.25, 0.3) is 0 Å². The Balaban J connectivity index is 2.30.